The van der Waals surface area contributed by atoms with Crippen molar-refractivity contribution in [3.05, 3.63) is 28.8 Å². The van der Waals surface area contributed by atoms with E-state index < -0.39 is 37.1 Å². The standard InChI is InChI=1S/C12H14F6Si/c1-7-9(11(13,14)15)5-8(19(2,3)4)6-10(7)12(16,17)18/h5-6H,1-4H3. The average Bonchev–Trinajstić information content (AvgIpc) is 2.11. The van der Waals surface area contributed by atoms with E-state index in [2.05, 4.69) is 0 Å². The van der Waals surface area contributed by atoms with Gasteiger partial charge in [0.1, 0.15) is 0 Å². The Hall–Kier alpha value is -0.983. The van der Waals surface area contributed by atoms with Crippen molar-refractivity contribution in [2.24, 2.45) is 0 Å². The molecule has 1 aromatic rings. The van der Waals surface area contributed by atoms with Gasteiger partial charge < -0.3 is 0 Å². The summed E-state index contributed by atoms with van der Waals surface area (Å²) in [6, 6.07) is 1.72. The zero-order chi connectivity index (χ0) is 15.2. The van der Waals surface area contributed by atoms with Crippen LogP contribution in [0.2, 0.25) is 19.6 Å². The van der Waals surface area contributed by atoms with Gasteiger partial charge >= 0.3 is 12.4 Å². The molecule has 0 aliphatic rings. The fraction of sp³-hybridized carbons (Fsp3) is 0.500. The quantitative estimate of drug-likeness (QED) is 0.526. The minimum atomic E-state index is -4.78. The lowest BCUT2D eigenvalue weighted by molar-refractivity contribution is -0.143. The smallest absolute Gasteiger partial charge is 0.166 e. The lowest BCUT2D eigenvalue weighted by Gasteiger charge is -2.23. The summed E-state index contributed by atoms with van der Waals surface area (Å²) < 4.78 is 77.0. The Morgan fingerprint density at radius 3 is 1.32 bits per heavy atom. The van der Waals surface area contributed by atoms with Crippen molar-refractivity contribution in [3.8, 4) is 0 Å². The second-order valence-electron chi connectivity index (χ2n) is 5.44. The van der Waals surface area contributed by atoms with Gasteiger partial charge in [-0.2, -0.15) is 26.3 Å². The molecule has 0 fully saturated rings. The van der Waals surface area contributed by atoms with Gasteiger partial charge in [-0.1, -0.05) is 37.0 Å². The molecular formula is C12H14F6Si. The van der Waals surface area contributed by atoms with Gasteiger partial charge in [-0.15, -0.1) is 0 Å². The molecule has 0 spiro atoms. The number of alkyl halides is 6. The van der Waals surface area contributed by atoms with Gasteiger partial charge in [-0.3, -0.25) is 0 Å². The normalized spacial score (nSPS) is 13.8. The number of rotatable bonds is 1. The predicted octanol–water partition coefficient (Wildman–Crippen LogP) is 4.58. The van der Waals surface area contributed by atoms with E-state index in [0.717, 1.165) is 19.1 Å². The van der Waals surface area contributed by atoms with Crippen molar-refractivity contribution in [2.45, 2.75) is 38.9 Å². The van der Waals surface area contributed by atoms with Gasteiger partial charge in [0, 0.05) is 0 Å². The summed E-state index contributed by atoms with van der Waals surface area (Å²) in [6.45, 7) is 5.98. The number of halogens is 6. The summed E-state index contributed by atoms with van der Waals surface area (Å²) >= 11 is 0. The van der Waals surface area contributed by atoms with Gasteiger partial charge in [-0.05, 0) is 12.5 Å². The molecule has 108 valence electrons. The maximum Gasteiger partial charge on any atom is 0.416 e. The van der Waals surface area contributed by atoms with Crippen LogP contribution in [0, 0.1) is 6.92 Å². The monoisotopic (exact) mass is 300 g/mol. The molecule has 19 heavy (non-hydrogen) atoms. The third-order valence-electron chi connectivity index (χ3n) is 2.88. The van der Waals surface area contributed by atoms with Gasteiger partial charge in [-0.25, -0.2) is 0 Å². The lowest BCUT2D eigenvalue weighted by Crippen LogP contribution is -2.39. The Kier molecular flexibility index (Phi) is 3.84. The van der Waals surface area contributed by atoms with E-state index in [1.165, 1.54) is 0 Å². The third-order valence-corrected chi connectivity index (χ3v) is 4.91. The van der Waals surface area contributed by atoms with Crippen LogP contribution in [0.4, 0.5) is 26.3 Å². The topological polar surface area (TPSA) is 0 Å². The Balaban J connectivity index is 3.68. The lowest BCUT2D eigenvalue weighted by atomic mass is 10.0. The Morgan fingerprint density at radius 2 is 1.11 bits per heavy atom. The molecule has 1 aromatic carbocycles. The van der Waals surface area contributed by atoms with Crippen molar-refractivity contribution < 1.29 is 26.3 Å². The number of hydrogen-bond acceptors (Lipinski definition) is 0. The molecule has 0 aliphatic carbocycles. The van der Waals surface area contributed by atoms with Crippen LogP contribution in [-0.4, -0.2) is 8.07 Å². The van der Waals surface area contributed by atoms with Crippen molar-refractivity contribution in [1.29, 1.82) is 0 Å². The van der Waals surface area contributed by atoms with Crippen molar-refractivity contribution in [2.75, 3.05) is 0 Å². The van der Waals surface area contributed by atoms with E-state index >= 15 is 0 Å². The van der Waals surface area contributed by atoms with Crippen LogP contribution in [0.25, 0.3) is 0 Å². The molecule has 0 radical (unpaired) electrons. The molecule has 0 bridgehead atoms. The summed E-state index contributed by atoms with van der Waals surface area (Å²) in [4.78, 5) is 0. The highest BCUT2D eigenvalue weighted by Crippen LogP contribution is 2.38. The minimum absolute atomic E-state index is 0.151. The van der Waals surface area contributed by atoms with Crippen LogP contribution in [0.15, 0.2) is 12.1 Å². The molecule has 0 N–H and O–H groups in total. The maximum atomic E-state index is 12.8. The van der Waals surface area contributed by atoms with Gasteiger partial charge in [0.05, 0.1) is 19.2 Å². The van der Waals surface area contributed by atoms with Gasteiger partial charge in [0.15, 0.2) is 0 Å². The highest BCUT2D eigenvalue weighted by molar-refractivity contribution is 6.88. The highest BCUT2D eigenvalue weighted by atomic mass is 28.3. The van der Waals surface area contributed by atoms with Crippen LogP contribution in [0.1, 0.15) is 16.7 Å². The summed E-state index contributed by atoms with van der Waals surface area (Å²) in [5.41, 5.74) is -3.15. The zero-order valence-corrected chi connectivity index (χ0v) is 11.9. The van der Waals surface area contributed by atoms with Crippen molar-refractivity contribution in [1.82, 2.24) is 0 Å². The molecule has 0 amide bonds. The number of hydrogen-bond donors (Lipinski definition) is 0. The molecule has 7 heteroatoms. The Morgan fingerprint density at radius 1 is 0.789 bits per heavy atom. The fourth-order valence-corrected chi connectivity index (χ4v) is 2.89. The first-order valence-corrected chi connectivity index (χ1v) is 9.04. The third kappa shape index (κ3) is 3.52. The Labute approximate surface area is 108 Å². The van der Waals surface area contributed by atoms with E-state index in [-0.39, 0.29) is 5.19 Å². The van der Waals surface area contributed by atoms with E-state index in [0.29, 0.717) is 0 Å². The predicted molar refractivity (Wildman–Crippen MR) is 64.2 cm³/mol. The summed E-state index contributed by atoms with van der Waals surface area (Å²) in [5, 5.41) is 0.151. The fourth-order valence-electron chi connectivity index (χ4n) is 1.74. The molecule has 0 nitrogen and oxygen atoms in total. The summed E-state index contributed by atoms with van der Waals surface area (Å²) in [5.74, 6) is 0. The molecule has 0 heterocycles. The first-order valence-electron chi connectivity index (χ1n) is 5.54. The van der Waals surface area contributed by atoms with E-state index in [1.54, 1.807) is 19.6 Å². The molecule has 0 saturated heterocycles. The first-order chi connectivity index (χ1) is 8.24. The first kappa shape index (κ1) is 16.1. The molecule has 0 saturated carbocycles. The molecule has 0 aliphatic heterocycles. The van der Waals surface area contributed by atoms with Crippen LogP contribution in [0.5, 0.6) is 0 Å². The molecule has 0 aromatic heterocycles. The van der Waals surface area contributed by atoms with Crippen molar-refractivity contribution >= 4 is 13.3 Å². The van der Waals surface area contributed by atoms with Gasteiger partial charge in [0.2, 0.25) is 0 Å². The van der Waals surface area contributed by atoms with E-state index in [4.69, 9.17) is 0 Å². The van der Waals surface area contributed by atoms with Crippen LogP contribution < -0.4 is 5.19 Å². The average molecular weight is 300 g/mol. The largest absolute Gasteiger partial charge is 0.416 e. The number of benzene rings is 1. The molecule has 0 atom stereocenters. The van der Waals surface area contributed by atoms with Crippen LogP contribution in [-0.2, 0) is 12.4 Å². The van der Waals surface area contributed by atoms with E-state index in [1.807, 2.05) is 0 Å². The maximum absolute atomic E-state index is 12.8. The van der Waals surface area contributed by atoms with Crippen LogP contribution >= 0.6 is 0 Å². The second-order valence-corrected chi connectivity index (χ2v) is 10.5. The second kappa shape index (κ2) is 4.54. The van der Waals surface area contributed by atoms with Crippen LogP contribution in [0.3, 0.4) is 0 Å². The molecule has 0 unspecified atom stereocenters. The van der Waals surface area contributed by atoms with Crippen molar-refractivity contribution in [3.63, 3.8) is 0 Å². The highest BCUT2D eigenvalue weighted by Gasteiger charge is 2.40. The zero-order valence-electron chi connectivity index (χ0n) is 10.9. The Bertz CT molecular complexity index is 443. The SMILES string of the molecule is Cc1c(C(F)(F)F)cc([Si](C)(C)C)cc1C(F)(F)F. The van der Waals surface area contributed by atoms with E-state index in [9.17, 15) is 26.3 Å². The molecular weight excluding hydrogens is 286 g/mol. The summed E-state index contributed by atoms with van der Waals surface area (Å²) in [6.07, 6.45) is -9.56. The minimum Gasteiger partial charge on any atom is -0.166 e. The van der Waals surface area contributed by atoms with Gasteiger partial charge in [0.25, 0.3) is 0 Å². The molecule has 1 rings (SSSR count). The summed E-state index contributed by atoms with van der Waals surface area (Å²) in [7, 11) is -2.28.